The molecule has 4 N–H and O–H groups in total. The summed E-state index contributed by atoms with van der Waals surface area (Å²) in [6.45, 7) is 9.67. The van der Waals surface area contributed by atoms with Crippen LogP contribution in [0, 0.1) is 12.3 Å². The Kier molecular flexibility index (Phi) is 6.83. The lowest BCUT2D eigenvalue weighted by Gasteiger charge is -2.32. The third kappa shape index (κ3) is 5.14. The number of likely N-dealkylation sites (tertiary alicyclic amines) is 1. The van der Waals surface area contributed by atoms with Gasteiger partial charge in [-0.3, -0.25) is 9.59 Å². The van der Waals surface area contributed by atoms with E-state index in [0.29, 0.717) is 0 Å². The van der Waals surface area contributed by atoms with Crippen molar-refractivity contribution in [1.82, 2.24) is 15.2 Å². The van der Waals surface area contributed by atoms with Crippen molar-refractivity contribution < 1.29 is 14.7 Å². The highest BCUT2D eigenvalue weighted by atomic mass is 32.1. The van der Waals surface area contributed by atoms with Crippen molar-refractivity contribution in [1.29, 1.82) is 0 Å². The summed E-state index contributed by atoms with van der Waals surface area (Å²) >= 11 is 1.60. The number of thiazole rings is 1. The molecular formula is C23H32N4O3S. The van der Waals surface area contributed by atoms with Crippen molar-refractivity contribution in [2.75, 3.05) is 6.54 Å². The van der Waals surface area contributed by atoms with Crippen molar-refractivity contribution in [2.45, 2.75) is 65.3 Å². The van der Waals surface area contributed by atoms with Gasteiger partial charge in [0.15, 0.2) is 0 Å². The Labute approximate surface area is 187 Å². The van der Waals surface area contributed by atoms with Crippen LogP contribution in [0.3, 0.4) is 0 Å². The second kappa shape index (κ2) is 9.06. The summed E-state index contributed by atoms with van der Waals surface area (Å²) in [5.41, 5.74) is 10.6. The van der Waals surface area contributed by atoms with Crippen molar-refractivity contribution in [2.24, 2.45) is 11.1 Å². The average Bonchev–Trinajstić information content (AvgIpc) is 3.31. The van der Waals surface area contributed by atoms with E-state index in [1.54, 1.807) is 11.3 Å². The van der Waals surface area contributed by atoms with E-state index in [1.165, 1.54) is 4.90 Å². The van der Waals surface area contributed by atoms with E-state index < -0.39 is 23.6 Å². The number of benzene rings is 1. The van der Waals surface area contributed by atoms with Gasteiger partial charge in [0, 0.05) is 13.0 Å². The van der Waals surface area contributed by atoms with Crippen LogP contribution in [-0.4, -0.2) is 51.5 Å². The molecule has 1 aliphatic rings. The monoisotopic (exact) mass is 444 g/mol. The molecule has 2 aromatic rings. The third-order valence-electron chi connectivity index (χ3n) is 5.84. The first-order valence-electron chi connectivity index (χ1n) is 10.5. The molecule has 1 saturated heterocycles. The van der Waals surface area contributed by atoms with Gasteiger partial charge in [0.2, 0.25) is 11.8 Å². The van der Waals surface area contributed by atoms with E-state index in [-0.39, 0.29) is 30.8 Å². The number of carbonyl (C=O) groups excluding carboxylic acids is 2. The van der Waals surface area contributed by atoms with Crippen LogP contribution in [0.25, 0.3) is 10.4 Å². The highest BCUT2D eigenvalue weighted by Gasteiger charge is 2.42. The molecule has 0 bridgehead atoms. The molecule has 8 heteroatoms. The number of aryl methyl sites for hydroxylation is 1. The van der Waals surface area contributed by atoms with Gasteiger partial charge in [-0.05, 0) is 30.4 Å². The number of aliphatic hydroxyl groups excluding tert-OH is 1. The molecule has 0 unspecified atom stereocenters. The van der Waals surface area contributed by atoms with Crippen molar-refractivity contribution in [3.05, 3.63) is 41.0 Å². The van der Waals surface area contributed by atoms with Gasteiger partial charge in [-0.2, -0.15) is 0 Å². The second-order valence-electron chi connectivity index (χ2n) is 9.36. The maximum atomic E-state index is 13.0. The van der Waals surface area contributed by atoms with Gasteiger partial charge in [0.05, 0.1) is 34.3 Å². The molecule has 0 aliphatic carbocycles. The molecule has 2 heterocycles. The molecule has 7 nitrogen and oxygen atoms in total. The van der Waals surface area contributed by atoms with E-state index in [0.717, 1.165) is 21.7 Å². The Morgan fingerprint density at radius 3 is 2.48 bits per heavy atom. The molecule has 1 aromatic carbocycles. The molecule has 4 atom stereocenters. The van der Waals surface area contributed by atoms with E-state index in [1.807, 2.05) is 64.4 Å². The Bertz CT molecular complexity index is 935. The van der Waals surface area contributed by atoms with Gasteiger partial charge in [-0.1, -0.05) is 45.0 Å². The molecule has 0 spiro atoms. The summed E-state index contributed by atoms with van der Waals surface area (Å²) in [4.78, 5) is 32.7. The SMILES string of the molecule is Cc1ncsc1-c1ccc([C@H](C)NC(=O)[C@@H]2C[C@@H](O)CN2C(=O)[C@H](N)C(C)(C)C)cc1. The molecule has 3 rings (SSSR count). The summed E-state index contributed by atoms with van der Waals surface area (Å²) in [5, 5.41) is 13.1. The number of β-amino-alcohol motifs (C(OH)–C–C–N with tert-alkyl or cyclic N) is 1. The molecule has 2 amide bonds. The quantitative estimate of drug-likeness (QED) is 0.657. The first kappa shape index (κ1) is 23.4. The standard InChI is InChI=1S/C23H32N4O3S/c1-13(15-6-8-16(9-7-15)19-14(2)25-12-31-19)26-21(29)18-10-17(28)11-27(18)22(30)20(24)23(3,4)5/h6-9,12-13,17-18,20,28H,10-11,24H2,1-5H3,(H,26,29)/t13-,17+,18-,20-/m0/s1. The molecule has 31 heavy (non-hydrogen) atoms. The van der Waals surface area contributed by atoms with Crippen molar-refractivity contribution >= 4 is 23.2 Å². The fourth-order valence-electron chi connectivity index (χ4n) is 3.75. The topological polar surface area (TPSA) is 109 Å². The number of nitrogens with two attached hydrogens (primary N) is 1. The van der Waals surface area contributed by atoms with E-state index in [2.05, 4.69) is 10.3 Å². The van der Waals surface area contributed by atoms with Crippen LogP contribution >= 0.6 is 11.3 Å². The van der Waals surface area contributed by atoms with Gasteiger partial charge in [0.25, 0.3) is 0 Å². The molecule has 0 radical (unpaired) electrons. The number of hydrogen-bond donors (Lipinski definition) is 3. The second-order valence-corrected chi connectivity index (χ2v) is 10.2. The maximum absolute atomic E-state index is 13.0. The van der Waals surface area contributed by atoms with Gasteiger partial charge in [-0.25, -0.2) is 4.98 Å². The molecule has 0 saturated carbocycles. The predicted molar refractivity (Wildman–Crippen MR) is 122 cm³/mol. The molecule has 1 fully saturated rings. The number of nitrogens with one attached hydrogen (secondary N) is 1. The Balaban J connectivity index is 1.69. The Morgan fingerprint density at radius 2 is 1.94 bits per heavy atom. The largest absolute Gasteiger partial charge is 0.391 e. The zero-order valence-electron chi connectivity index (χ0n) is 18.8. The van der Waals surface area contributed by atoms with Crippen molar-refractivity contribution in [3.63, 3.8) is 0 Å². The molecule has 1 aromatic heterocycles. The Hall–Kier alpha value is -2.29. The minimum atomic E-state index is -0.742. The van der Waals surface area contributed by atoms with Gasteiger partial charge in [0.1, 0.15) is 6.04 Å². The number of carbonyl (C=O) groups is 2. The summed E-state index contributed by atoms with van der Waals surface area (Å²) in [6, 6.07) is 6.32. The van der Waals surface area contributed by atoms with Gasteiger partial charge in [-0.15, -0.1) is 11.3 Å². The first-order valence-corrected chi connectivity index (χ1v) is 11.4. The zero-order chi connectivity index (χ0) is 22.9. The normalized spacial score (nSPS) is 21.1. The number of aliphatic hydroxyl groups is 1. The fraction of sp³-hybridized carbons (Fsp3) is 0.522. The zero-order valence-corrected chi connectivity index (χ0v) is 19.6. The highest BCUT2D eigenvalue weighted by Crippen LogP contribution is 2.29. The van der Waals surface area contributed by atoms with Crippen LogP contribution in [0.5, 0.6) is 0 Å². The lowest BCUT2D eigenvalue weighted by Crippen LogP contribution is -2.55. The first-order chi connectivity index (χ1) is 14.5. The van der Waals surface area contributed by atoms with E-state index in [9.17, 15) is 14.7 Å². The van der Waals surface area contributed by atoms with E-state index >= 15 is 0 Å². The number of aromatic nitrogens is 1. The number of amides is 2. The van der Waals surface area contributed by atoms with Crippen LogP contribution < -0.4 is 11.1 Å². The fourth-order valence-corrected chi connectivity index (χ4v) is 4.56. The van der Waals surface area contributed by atoms with Crippen LogP contribution in [-0.2, 0) is 9.59 Å². The summed E-state index contributed by atoms with van der Waals surface area (Å²) < 4.78 is 0. The predicted octanol–water partition coefficient (Wildman–Crippen LogP) is 2.63. The van der Waals surface area contributed by atoms with Crippen LogP contribution in [0.4, 0.5) is 0 Å². The van der Waals surface area contributed by atoms with Gasteiger partial charge >= 0.3 is 0 Å². The summed E-state index contributed by atoms with van der Waals surface area (Å²) in [5.74, 6) is -0.581. The highest BCUT2D eigenvalue weighted by molar-refractivity contribution is 7.13. The minimum Gasteiger partial charge on any atom is -0.391 e. The lowest BCUT2D eigenvalue weighted by molar-refractivity contribution is -0.141. The number of rotatable bonds is 5. The van der Waals surface area contributed by atoms with Crippen LogP contribution in [0.15, 0.2) is 29.8 Å². The minimum absolute atomic E-state index is 0.123. The molecule has 168 valence electrons. The number of nitrogens with zero attached hydrogens (tertiary/aromatic N) is 2. The smallest absolute Gasteiger partial charge is 0.243 e. The summed E-state index contributed by atoms with van der Waals surface area (Å²) in [6.07, 6.45) is -0.519. The lowest BCUT2D eigenvalue weighted by atomic mass is 9.86. The maximum Gasteiger partial charge on any atom is 0.243 e. The van der Waals surface area contributed by atoms with Crippen molar-refractivity contribution in [3.8, 4) is 10.4 Å². The average molecular weight is 445 g/mol. The van der Waals surface area contributed by atoms with E-state index in [4.69, 9.17) is 5.73 Å². The molecular weight excluding hydrogens is 412 g/mol. The number of hydrogen-bond acceptors (Lipinski definition) is 6. The third-order valence-corrected chi connectivity index (χ3v) is 6.82. The van der Waals surface area contributed by atoms with Crippen LogP contribution in [0.2, 0.25) is 0 Å². The summed E-state index contributed by atoms with van der Waals surface area (Å²) in [7, 11) is 0. The molecule has 1 aliphatic heterocycles. The van der Waals surface area contributed by atoms with Crippen LogP contribution in [0.1, 0.15) is 51.4 Å². The Morgan fingerprint density at radius 1 is 1.29 bits per heavy atom. The van der Waals surface area contributed by atoms with Gasteiger partial charge < -0.3 is 21.1 Å².